The Morgan fingerprint density at radius 3 is 2.59 bits per heavy atom. The fraction of sp³-hybridized carbons (Fsp3) is 0.923. The van der Waals surface area contributed by atoms with Gasteiger partial charge in [0, 0.05) is 6.61 Å². The molecule has 4 unspecified atom stereocenters. The summed E-state index contributed by atoms with van der Waals surface area (Å²) in [5.74, 6) is 0.498. The van der Waals surface area contributed by atoms with Crippen molar-refractivity contribution in [2.75, 3.05) is 6.61 Å². The first-order valence-electron chi connectivity index (χ1n) is 6.47. The molecule has 0 aromatic rings. The van der Waals surface area contributed by atoms with Crippen molar-refractivity contribution in [2.45, 2.75) is 58.1 Å². The number of hydrogen-bond donors (Lipinski definition) is 2. The van der Waals surface area contributed by atoms with E-state index in [-0.39, 0.29) is 6.10 Å². The van der Waals surface area contributed by atoms with Crippen molar-refractivity contribution >= 4 is 5.97 Å². The minimum atomic E-state index is -1.17. The quantitative estimate of drug-likeness (QED) is 0.775. The maximum absolute atomic E-state index is 10.8. The predicted octanol–water partition coefficient (Wildman–Crippen LogP) is 2.02. The molecule has 100 valence electrons. The summed E-state index contributed by atoms with van der Waals surface area (Å²) >= 11 is 0. The third kappa shape index (κ3) is 4.28. The van der Waals surface area contributed by atoms with E-state index in [0.29, 0.717) is 18.9 Å². The normalized spacial score (nSPS) is 33.1. The van der Waals surface area contributed by atoms with Crippen molar-refractivity contribution in [1.82, 2.24) is 0 Å². The van der Waals surface area contributed by atoms with Gasteiger partial charge in [-0.25, -0.2) is 0 Å². The molecule has 1 fully saturated rings. The number of nitrogens with two attached hydrogens (primary N) is 1. The van der Waals surface area contributed by atoms with Gasteiger partial charge in [-0.2, -0.15) is 0 Å². The van der Waals surface area contributed by atoms with E-state index in [1.165, 1.54) is 13.3 Å². The van der Waals surface area contributed by atoms with Crippen molar-refractivity contribution in [3.8, 4) is 0 Å². The van der Waals surface area contributed by atoms with Crippen molar-refractivity contribution in [3.05, 3.63) is 0 Å². The van der Waals surface area contributed by atoms with Gasteiger partial charge in [-0.3, -0.25) is 4.79 Å². The average molecular weight is 243 g/mol. The molecule has 0 amide bonds. The van der Waals surface area contributed by atoms with E-state index >= 15 is 0 Å². The van der Waals surface area contributed by atoms with Gasteiger partial charge in [0.05, 0.1) is 6.10 Å². The van der Waals surface area contributed by atoms with E-state index in [4.69, 9.17) is 15.6 Å². The lowest BCUT2D eigenvalue weighted by atomic mass is 9.80. The number of carboxylic acid groups (broad SMARTS) is 1. The van der Waals surface area contributed by atoms with E-state index in [1.54, 1.807) is 0 Å². The first kappa shape index (κ1) is 14.5. The van der Waals surface area contributed by atoms with Gasteiger partial charge < -0.3 is 15.6 Å². The zero-order valence-electron chi connectivity index (χ0n) is 11.1. The third-order valence-electron chi connectivity index (χ3n) is 4.01. The summed E-state index contributed by atoms with van der Waals surface area (Å²) in [4.78, 5) is 10.8. The Labute approximate surface area is 104 Å². The summed E-state index contributed by atoms with van der Waals surface area (Å²) in [5.41, 5.74) is 4.47. The van der Waals surface area contributed by atoms with E-state index in [2.05, 4.69) is 13.8 Å². The summed E-state index contributed by atoms with van der Waals surface area (Å²) in [7, 11) is 0. The van der Waals surface area contributed by atoms with Crippen LogP contribution in [0.3, 0.4) is 0 Å². The maximum Gasteiger partial charge on any atom is 0.323 e. The molecule has 1 aliphatic rings. The van der Waals surface area contributed by atoms with Gasteiger partial charge in [-0.05, 0) is 44.4 Å². The van der Waals surface area contributed by atoms with E-state index in [1.807, 2.05) is 0 Å². The number of ether oxygens (including phenoxy) is 1. The minimum absolute atomic E-state index is 0.283. The molecule has 3 N–H and O–H groups in total. The highest BCUT2D eigenvalue weighted by atomic mass is 16.5. The fourth-order valence-electron chi connectivity index (χ4n) is 2.19. The minimum Gasteiger partial charge on any atom is -0.480 e. The SMILES string of the molecule is CC1CCC(OCCC(C)(N)C(=O)O)CC1C. The molecule has 1 rings (SSSR count). The Morgan fingerprint density at radius 1 is 1.41 bits per heavy atom. The lowest BCUT2D eigenvalue weighted by molar-refractivity contribution is -0.143. The van der Waals surface area contributed by atoms with Gasteiger partial charge in [0.1, 0.15) is 5.54 Å². The highest BCUT2D eigenvalue weighted by Crippen LogP contribution is 2.31. The standard InChI is InChI=1S/C13H25NO3/c1-9-4-5-11(8-10(9)2)17-7-6-13(3,14)12(15)16/h9-11H,4-8,14H2,1-3H3,(H,15,16). The van der Waals surface area contributed by atoms with Crippen LogP contribution in [0.15, 0.2) is 0 Å². The Kier molecular flexibility index (Phi) is 4.95. The van der Waals surface area contributed by atoms with Gasteiger partial charge in [0.2, 0.25) is 0 Å². The van der Waals surface area contributed by atoms with Crippen LogP contribution in [0, 0.1) is 11.8 Å². The molecule has 1 aliphatic carbocycles. The first-order valence-corrected chi connectivity index (χ1v) is 6.47. The topological polar surface area (TPSA) is 72.5 Å². The van der Waals surface area contributed by atoms with E-state index in [9.17, 15) is 4.79 Å². The number of hydrogen-bond acceptors (Lipinski definition) is 3. The molecular formula is C13H25NO3. The zero-order valence-corrected chi connectivity index (χ0v) is 11.1. The second-order valence-corrected chi connectivity index (χ2v) is 5.73. The molecule has 17 heavy (non-hydrogen) atoms. The van der Waals surface area contributed by atoms with Crippen LogP contribution in [-0.2, 0) is 9.53 Å². The van der Waals surface area contributed by atoms with Crippen LogP contribution < -0.4 is 5.73 Å². The second-order valence-electron chi connectivity index (χ2n) is 5.73. The Bertz CT molecular complexity index is 265. The van der Waals surface area contributed by atoms with Crippen LogP contribution in [0.2, 0.25) is 0 Å². The van der Waals surface area contributed by atoms with Crippen molar-refractivity contribution in [2.24, 2.45) is 17.6 Å². The summed E-state index contributed by atoms with van der Waals surface area (Å²) < 4.78 is 5.74. The highest BCUT2D eigenvalue weighted by Gasteiger charge is 2.29. The highest BCUT2D eigenvalue weighted by molar-refractivity contribution is 5.77. The van der Waals surface area contributed by atoms with Crippen molar-refractivity contribution in [1.29, 1.82) is 0 Å². The molecule has 0 bridgehead atoms. The van der Waals surface area contributed by atoms with Gasteiger partial charge in [-0.1, -0.05) is 13.8 Å². The average Bonchev–Trinajstić information content (AvgIpc) is 2.23. The molecule has 0 radical (unpaired) electrons. The zero-order chi connectivity index (χ0) is 13.1. The molecule has 4 atom stereocenters. The molecule has 4 nitrogen and oxygen atoms in total. The predicted molar refractivity (Wildman–Crippen MR) is 66.8 cm³/mol. The number of carbonyl (C=O) groups is 1. The summed E-state index contributed by atoms with van der Waals surface area (Å²) in [6, 6.07) is 0. The van der Waals surface area contributed by atoms with Crippen LogP contribution in [0.1, 0.15) is 46.5 Å². The lowest BCUT2D eigenvalue weighted by Gasteiger charge is -2.32. The monoisotopic (exact) mass is 243 g/mol. The molecule has 1 saturated carbocycles. The summed E-state index contributed by atoms with van der Waals surface area (Å²) in [5, 5.41) is 8.87. The Hall–Kier alpha value is -0.610. The number of carboxylic acids is 1. The molecule has 0 saturated heterocycles. The van der Waals surface area contributed by atoms with Crippen LogP contribution in [0.5, 0.6) is 0 Å². The fourth-order valence-corrected chi connectivity index (χ4v) is 2.19. The lowest BCUT2D eigenvalue weighted by Crippen LogP contribution is -2.46. The van der Waals surface area contributed by atoms with E-state index < -0.39 is 11.5 Å². The van der Waals surface area contributed by atoms with Crippen LogP contribution in [0.4, 0.5) is 0 Å². The third-order valence-corrected chi connectivity index (χ3v) is 4.01. The Balaban J connectivity index is 2.26. The van der Waals surface area contributed by atoms with Gasteiger partial charge >= 0.3 is 5.97 Å². The molecule has 0 aliphatic heterocycles. The first-order chi connectivity index (χ1) is 7.83. The van der Waals surface area contributed by atoms with E-state index in [0.717, 1.165) is 18.8 Å². The number of rotatable bonds is 5. The molecule has 0 spiro atoms. The van der Waals surface area contributed by atoms with Gasteiger partial charge in [0.15, 0.2) is 0 Å². The number of aliphatic carboxylic acids is 1. The van der Waals surface area contributed by atoms with Crippen molar-refractivity contribution < 1.29 is 14.6 Å². The van der Waals surface area contributed by atoms with Crippen LogP contribution >= 0.6 is 0 Å². The van der Waals surface area contributed by atoms with Gasteiger partial charge in [-0.15, -0.1) is 0 Å². The summed E-state index contributed by atoms with van der Waals surface area (Å²) in [6.07, 6.45) is 4.01. The Morgan fingerprint density at radius 2 is 2.06 bits per heavy atom. The summed E-state index contributed by atoms with van der Waals surface area (Å²) in [6.45, 7) is 6.50. The maximum atomic E-state index is 10.8. The molecule has 0 aromatic carbocycles. The molecule has 0 aromatic heterocycles. The second kappa shape index (κ2) is 5.83. The van der Waals surface area contributed by atoms with Crippen LogP contribution in [0.25, 0.3) is 0 Å². The largest absolute Gasteiger partial charge is 0.480 e. The van der Waals surface area contributed by atoms with Crippen LogP contribution in [-0.4, -0.2) is 29.3 Å². The smallest absolute Gasteiger partial charge is 0.323 e. The molecular weight excluding hydrogens is 218 g/mol. The van der Waals surface area contributed by atoms with Gasteiger partial charge in [0.25, 0.3) is 0 Å². The van der Waals surface area contributed by atoms with Crippen molar-refractivity contribution in [3.63, 3.8) is 0 Å². The molecule has 0 heterocycles. The molecule has 4 heteroatoms.